The zero-order chi connectivity index (χ0) is 16.1. The lowest BCUT2D eigenvalue weighted by molar-refractivity contribution is -0.139. The van der Waals surface area contributed by atoms with E-state index in [2.05, 4.69) is 20.6 Å². The molecule has 0 aliphatic carbocycles. The zero-order valence-electron chi connectivity index (χ0n) is 12.3. The van der Waals surface area contributed by atoms with Crippen molar-refractivity contribution < 1.29 is 14.7 Å². The molecule has 2 aromatic rings. The first-order valence-corrected chi connectivity index (χ1v) is 6.82. The molecule has 0 spiro atoms. The molecule has 0 unspecified atom stereocenters. The highest BCUT2D eigenvalue weighted by Gasteiger charge is 2.22. The molecular formula is C14H17N5O3. The number of nitrogens with zero attached hydrogens (tertiary/aromatic N) is 4. The fourth-order valence-corrected chi connectivity index (χ4v) is 1.96. The van der Waals surface area contributed by atoms with Crippen molar-refractivity contribution >= 4 is 11.9 Å². The molecule has 0 aromatic carbocycles. The van der Waals surface area contributed by atoms with Crippen molar-refractivity contribution in [1.82, 2.24) is 25.3 Å². The van der Waals surface area contributed by atoms with Gasteiger partial charge >= 0.3 is 5.97 Å². The van der Waals surface area contributed by atoms with Crippen LogP contribution in [0.5, 0.6) is 0 Å². The van der Waals surface area contributed by atoms with E-state index in [1.54, 1.807) is 12.3 Å². The summed E-state index contributed by atoms with van der Waals surface area (Å²) in [6, 6.07) is 0.646. The number of pyridine rings is 1. The topological polar surface area (TPSA) is 110 Å². The lowest BCUT2D eigenvalue weighted by Crippen LogP contribution is -2.41. The summed E-state index contributed by atoms with van der Waals surface area (Å²) < 4.78 is 1.46. The second kappa shape index (κ2) is 6.79. The van der Waals surface area contributed by atoms with Crippen molar-refractivity contribution in [2.24, 2.45) is 5.92 Å². The van der Waals surface area contributed by atoms with E-state index in [4.69, 9.17) is 0 Å². The van der Waals surface area contributed by atoms with E-state index < -0.39 is 17.9 Å². The van der Waals surface area contributed by atoms with Crippen molar-refractivity contribution in [3.63, 3.8) is 0 Å². The average Bonchev–Trinajstić information content (AvgIpc) is 3.00. The number of aliphatic carboxylic acids is 1. The van der Waals surface area contributed by atoms with E-state index in [1.165, 1.54) is 23.3 Å². The molecular weight excluding hydrogens is 286 g/mol. The van der Waals surface area contributed by atoms with E-state index in [1.807, 2.05) is 13.8 Å². The van der Waals surface area contributed by atoms with Gasteiger partial charge in [0.05, 0.1) is 29.8 Å². The predicted octanol–water partition coefficient (Wildman–Crippen LogP) is 0.891. The van der Waals surface area contributed by atoms with Gasteiger partial charge in [0.2, 0.25) is 0 Å². The van der Waals surface area contributed by atoms with Gasteiger partial charge in [0.1, 0.15) is 6.04 Å². The molecule has 2 aromatic heterocycles. The Morgan fingerprint density at radius 1 is 1.36 bits per heavy atom. The first kappa shape index (κ1) is 15.6. The van der Waals surface area contributed by atoms with Gasteiger partial charge in [0.25, 0.3) is 5.91 Å². The third kappa shape index (κ3) is 3.87. The van der Waals surface area contributed by atoms with Gasteiger partial charge in [0, 0.05) is 6.20 Å². The van der Waals surface area contributed by atoms with Gasteiger partial charge in [-0.1, -0.05) is 19.1 Å². The second-order valence-corrected chi connectivity index (χ2v) is 5.27. The second-order valence-electron chi connectivity index (χ2n) is 5.27. The van der Waals surface area contributed by atoms with E-state index in [0.29, 0.717) is 12.1 Å². The number of aromatic nitrogens is 4. The Bertz CT molecular complexity index is 654. The third-order valence-corrected chi connectivity index (χ3v) is 2.98. The maximum atomic E-state index is 12.2. The number of carbonyl (C=O) groups excluding carboxylic acids is 1. The Hall–Kier alpha value is -2.77. The van der Waals surface area contributed by atoms with Crippen LogP contribution in [0, 0.1) is 5.92 Å². The van der Waals surface area contributed by atoms with Crippen molar-refractivity contribution in [2.45, 2.75) is 26.3 Å². The van der Waals surface area contributed by atoms with Crippen molar-refractivity contribution in [3.8, 4) is 5.69 Å². The number of rotatable bonds is 6. The molecule has 0 saturated heterocycles. The van der Waals surface area contributed by atoms with Gasteiger partial charge in [-0.2, -0.15) is 0 Å². The van der Waals surface area contributed by atoms with E-state index in [0.717, 1.165) is 0 Å². The summed E-state index contributed by atoms with van der Waals surface area (Å²) in [7, 11) is 0. The van der Waals surface area contributed by atoms with Crippen LogP contribution in [0.2, 0.25) is 0 Å². The minimum absolute atomic E-state index is 0.154. The molecule has 0 aliphatic rings. The maximum absolute atomic E-state index is 12.2. The lowest BCUT2D eigenvalue weighted by Gasteiger charge is -2.16. The summed E-state index contributed by atoms with van der Waals surface area (Å²) in [6.07, 6.45) is 6.41. The SMILES string of the molecule is CC(C)C[C@@H](NC(=O)c1cncc(-n2ccnn2)c1)C(=O)O. The molecule has 2 N–H and O–H groups in total. The summed E-state index contributed by atoms with van der Waals surface area (Å²) in [5, 5.41) is 19.2. The zero-order valence-corrected chi connectivity index (χ0v) is 12.3. The Balaban J connectivity index is 2.15. The number of nitrogens with one attached hydrogen (secondary N) is 1. The standard InChI is InChI=1S/C14H17N5O3/c1-9(2)5-12(14(21)22)17-13(20)10-6-11(8-15-7-10)19-4-3-16-18-19/h3-4,6-9,12H,5H2,1-2H3,(H,17,20)(H,21,22)/t12-/m1/s1. The highest BCUT2D eigenvalue weighted by molar-refractivity contribution is 5.96. The molecule has 8 nitrogen and oxygen atoms in total. The molecule has 0 radical (unpaired) electrons. The Kier molecular flexibility index (Phi) is 4.82. The fourth-order valence-electron chi connectivity index (χ4n) is 1.96. The van der Waals surface area contributed by atoms with Crippen LogP contribution in [0.3, 0.4) is 0 Å². The van der Waals surface area contributed by atoms with Gasteiger partial charge < -0.3 is 10.4 Å². The van der Waals surface area contributed by atoms with Gasteiger partial charge in [-0.05, 0) is 18.4 Å². The van der Waals surface area contributed by atoms with Crippen molar-refractivity contribution in [2.75, 3.05) is 0 Å². The molecule has 2 rings (SSSR count). The largest absolute Gasteiger partial charge is 0.480 e. The van der Waals surface area contributed by atoms with Crippen LogP contribution in [-0.2, 0) is 4.79 Å². The van der Waals surface area contributed by atoms with Crippen molar-refractivity contribution in [1.29, 1.82) is 0 Å². The first-order valence-electron chi connectivity index (χ1n) is 6.82. The Labute approximate surface area is 127 Å². The van der Waals surface area contributed by atoms with Gasteiger partial charge in [-0.15, -0.1) is 5.10 Å². The summed E-state index contributed by atoms with van der Waals surface area (Å²) in [4.78, 5) is 27.4. The quantitative estimate of drug-likeness (QED) is 0.820. The normalized spacial score (nSPS) is 12.1. The number of carbonyl (C=O) groups is 2. The summed E-state index contributed by atoms with van der Waals surface area (Å²) in [5.74, 6) is -1.38. The van der Waals surface area contributed by atoms with Crippen LogP contribution < -0.4 is 5.32 Å². The summed E-state index contributed by atoms with van der Waals surface area (Å²) in [6.45, 7) is 3.80. The fraction of sp³-hybridized carbons (Fsp3) is 0.357. The van der Waals surface area contributed by atoms with Gasteiger partial charge in [-0.25, -0.2) is 9.48 Å². The van der Waals surface area contributed by atoms with E-state index >= 15 is 0 Å². The summed E-state index contributed by atoms with van der Waals surface area (Å²) >= 11 is 0. The van der Waals surface area contributed by atoms with E-state index in [9.17, 15) is 14.7 Å². The minimum atomic E-state index is -1.05. The molecule has 0 aliphatic heterocycles. The number of hydrogen-bond donors (Lipinski definition) is 2. The molecule has 0 bridgehead atoms. The monoisotopic (exact) mass is 303 g/mol. The van der Waals surface area contributed by atoms with Crippen LogP contribution in [0.15, 0.2) is 30.9 Å². The van der Waals surface area contributed by atoms with Crippen LogP contribution in [-0.4, -0.2) is 43.0 Å². The third-order valence-electron chi connectivity index (χ3n) is 2.98. The van der Waals surface area contributed by atoms with Crippen LogP contribution >= 0.6 is 0 Å². The number of carboxylic acid groups (broad SMARTS) is 1. The molecule has 1 amide bonds. The summed E-state index contributed by atoms with van der Waals surface area (Å²) in [5.41, 5.74) is 0.837. The van der Waals surface area contributed by atoms with E-state index in [-0.39, 0.29) is 11.5 Å². The van der Waals surface area contributed by atoms with Crippen molar-refractivity contribution in [3.05, 3.63) is 36.4 Å². The molecule has 0 fully saturated rings. The Morgan fingerprint density at radius 3 is 2.73 bits per heavy atom. The highest BCUT2D eigenvalue weighted by atomic mass is 16.4. The lowest BCUT2D eigenvalue weighted by atomic mass is 10.0. The van der Waals surface area contributed by atoms with Crippen LogP contribution in [0.1, 0.15) is 30.6 Å². The number of carboxylic acids is 1. The van der Waals surface area contributed by atoms with Crippen LogP contribution in [0.4, 0.5) is 0 Å². The number of amides is 1. The molecule has 0 saturated carbocycles. The van der Waals surface area contributed by atoms with Crippen LogP contribution in [0.25, 0.3) is 5.69 Å². The smallest absolute Gasteiger partial charge is 0.326 e. The first-order chi connectivity index (χ1) is 10.5. The molecule has 22 heavy (non-hydrogen) atoms. The molecule has 1 atom stereocenters. The molecule has 116 valence electrons. The minimum Gasteiger partial charge on any atom is -0.480 e. The molecule has 8 heteroatoms. The number of hydrogen-bond acceptors (Lipinski definition) is 5. The van der Waals surface area contributed by atoms with Gasteiger partial charge in [0.15, 0.2) is 0 Å². The van der Waals surface area contributed by atoms with Gasteiger partial charge in [-0.3, -0.25) is 9.78 Å². The predicted molar refractivity (Wildman–Crippen MR) is 77.5 cm³/mol. The Morgan fingerprint density at radius 2 is 2.14 bits per heavy atom. The maximum Gasteiger partial charge on any atom is 0.326 e. The highest BCUT2D eigenvalue weighted by Crippen LogP contribution is 2.09. The average molecular weight is 303 g/mol. The molecule has 2 heterocycles.